The molecule has 0 saturated heterocycles. The van der Waals surface area contributed by atoms with E-state index in [-0.39, 0.29) is 11.3 Å². The third-order valence-electron chi connectivity index (χ3n) is 3.32. The summed E-state index contributed by atoms with van der Waals surface area (Å²) in [4.78, 5) is 40.4. The SMILES string of the molecule is CCNC(=O)NC(=O)CSc1nc2cc(Cl)ccc2c(=O)n1CCOC. The first kappa shape index (κ1) is 20.2. The Labute approximate surface area is 159 Å². The topological polar surface area (TPSA) is 102 Å². The number of fused-ring (bicyclic) bond motifs is 1. The van der Waals surface area contributed by atoms with Crippen molar-refractivity contribution in [3.63, 3.8) is 0 Å². The van der Waals surface area contributed by atoms with Gasteiger partial charge in [0.05, 0.1) is 29.8 Å². The highest BCUT2D eigenvalue weighted by atomic mass is 35.5. The predicted molar refractivity (Wildman–Crippen MR) is 101 cm³/mol. The molecule has 0 aliphatic carbocycles. The van der Waals surface area contributed by atoms with Crippen LogP contribution in [-0.2, 0) is 16.1 Å². The van der Waals surface area contributed by atoms with Crippen molar-refractivity contribution >= 4 is 46.2 Å². The summed E-state index contributed by atoms with van der Waals surface area (Å²) >= 11 is 7.04. The molecule has 1 heterocycles. The molecule has 0 spiro atoms. The van der Waals surface area contributed by atoms with Gasteiger partial charge in [0.15, 0.2) is 5.16 Å². The molecule has 1 aromatic heterocycles. The monoisotopic (exact) mass is 398 g/mol. The predicted octanol–water partition coefficient (Wildman–Crippen LogP) is 1.63. The summed E-state index contributed by atoms with van der Waals surface area (Å²) in [6.45, 7) is 2.77. The Morgan fingerprint density at radius 1 is 1.38 bits per heavy atom. The number of urea groups is 1. The zero-order valence-electron chi connectivity index (χ0n) is 14.4. The molecule has 0 saturated carbocycles. The van der Waals surface area contributed by atoms with Crippen LogP contribution in [0.2, 0.25) is 5.02 Å². The number of imide groups is 1. The molecule has 2 rings (SSSR count). The molecule has 0 radical (unpaired) electrons. The maximum absolute atomic E-state index is 12.7. The van der Waals surface area contributed by atoms with Crippen LogP contribution in [0, 0.1) is 0 Å². The van der Waals surface area contributed by atoms with Crippen LogP contribution in [0.25, 0.3) is 10.9 Å². The highest BCUT2D eigenvalue weighted by molar-refractivity contribution is 7.99. The quantitative estimate of drug-likeness (QED) is 0.543. The Morgan fingerprint density at radius 2 is 2.15 bits per heavy atom. The molecule has 10 heteroatoms. The van der Waals surface area contributed by atoms with Crippen LogP contribution < -0.4 is 16.2 Å². The molecule has 1 aromatic carbocycles. The van der Waals surface area contributed by atoms with E-state index in [1.807, 2.05) is 0 Å². The number of ether oxygens (including phenoxy) is 1. The van der Waals surface area contributed by atoms with E-state index in [0.717, 1.165) is 11.8 Å². The molecule has 8 nitrogen and oxygen atoms in total. The molecule has 140 valence electrons. The number of carbonyl (C=O) groups is 2. The number of aromatic nitrogens is 2. The lowest BCUT2D eigenvalue weighted by Gasteiger charge is -2.13. The molecule has 0 bridgehead atoms. The molecule has 26 heavy (non-hydrogen) atoms. The van der Waals surface area contributed by atoms with Crippen molar-refractivity contribution in [2.24, 2.45) is 0 Å². The average Bonchev–Trinajstić information content (AvgIpc) is 2.59. The number of thioether (sulfide) groups is 1. The normalized spacial score (nSPS) is 10.7. The largest absolute Gasteiger partial charge is 0.383 e. The number of hydrogen-bond donors (Lipinski definition) is 2. The van der Waals surface area contributed by atoms with Crippen molar-refractivity contribution < 1.29 is 14.3 Å². The van der Waals surface area contributed by atoms with Gasteiger partial charge in [-0.15, -0.1) is 0 Å². The number of methoxy groups -OCH3 is 1. The summed E-state index contributed by atoms with van der Waals surface area (Å²) in [5.74, 6) is -0.553. The summed E-state index contributed by atoms with van der Waals surface area (Å²) < 4.78 is 6.49. The van der Waals surface area contributed by atoms with E-state index in [0.29, 0.717) is 40.8 Å². The van der Waals surface area contributed by atoms with Crippen molar-refractivity contribution in [3.8, 4) is 0 Å². The van der Waals surface area contributed by atoms with Crippen molar-refractivity contribution in [3.05, 3.63) is 33.6 Å². The lowest BCUT2D eigenvalue weighted by Crippen LogP contribution is -2.40. The maximum atomic E-state index is 12.7. The Bertz CT molecular complexity index is 871. The Hall–Kier alpha value is -2.10. The Kier molecular flexibility index (Phi) is 7.43. The van der Waals surface area contributed by atoms with Gasteiger partial charge in [-0.1, -0.05) is 23.4 Å². The zero-order chi connectivity index (χ0) is 19.1. The van der Waals surface area contributed by atoms with Gasteiger partial charge >= 0.3 is 6.03 Å². The van der Waals surface area contributed by atoms with Crippen LogP contribution in [0.1, 0.15) is 6.92 Å². The molecule has 0 atom stereocenters. The standard InChI is InChI=1S/C16H19ClN4O4S/c1-3-18-15(24)20-13(22)9-26-16-19-12-8-10(17)4-5-11(12)14(23)21(16)6-7-25-2/h4-5,8H,3,6-7,9H2,1-2H3,(H2,18,20,22,24). The van der Waals surface area contributed by atoms with Gasteiger partial charge in [0, 0.05) is 18.7 Å². The van der Waals surface area contributed by atoms with E-state index >= 15 is 0 Å². The number of halogens is 1. The first-order valence-corrected chi connectivity index (χ1v) is 9.22. The van der Waals surface area contributed by atoms with E-state index in [1.54, 1.807) is 25.1 Å². The zero-order valence-corrected chi connectivity index (χ0v) is 15.9. The minimum absolute atomic E-state index is 0.0668. The first-order chi connectivity index (χ1) is 12.5. The fourth-order valence-electron chi connectivity index (χ4n) is 2.16. The van der Waals surface area contributed by atoms with Crippen LogP contribution >= 0.6 is 23.4 Å². The van der Waals surface area contributed by atoms with Crippen LogP contribution in [-0.4, -0.2) is 47.5 Å². The van der Waals surface area contributed by atoms with E-state index < -0.39 is 11.9 Å². The summed E-state index contributed by atoms with van der Waals surface area (Å²) in [6, 6.07) is 4.28. The van der Waals surface area contributed by atoms with Crippen molar-refractivity contribution in [1.82, 2.24) is 20.2 Å². The highest BCUT2D eigenvalue weighted by Gasteiger charge is 2.14. The van der Waals surface area contributed by atoms with E-state index in [1.165, 1.54) is 11.7 Å². The van der Waals surface area contributed by atoms with Gasteiger partial charge in [-0.3, -0.25) is 19.5 Å². The molecular weight excluding hydrogens is 380 g/mol. The van der Waals surface area contributed by atoms with E-state index in [9.17, 15) is 14.4 Å². The lowest BCUT2D eigenvalue weighted by atomic mass is 10.2. The number of nitrogens with one attached hydrogen (secondary N) is 2. The van der Waals surface area contributed by atoms with Crippen LogP contribution in [0.5, 0.6) is 0 Å². The fraction of sp³-hybridized carbons (Fsp3) is 0.375. The highest BCUT2D eigenvalue weighted by Crippen LogP contribution is 2.20. The molecule has 2 aromatic rings. The second-order valence-electron chi connectivity index (χ2n) is 5.20. The van der Waals surface area contributed by atoms with Crippen molar-refractivity contribution in [1.29, 1.82) is 0 Å². The summed E-state index contributed by atoms with van der Waals surface area (Å²) in [5.41, 5.74) is 0.207. The van der Waals surface area contributed by atoms with Gasteiger partial charge in [0.25, 0.3) is 5.56 Å². The van der Waals surface area contributed by atoms with Gasteiger partial charge in [0.1, 0.15) is 0 Å². The van der Waals surface area contributed by atoms with Crippen LogP contribution in [0.15, 0.2) is 28.2 Å². The molecule has 0 aliphatic heterocycles. The number of carbonyl (C=O) groups excluding carboxylic acids is 2. The number of nitrogens with zero attached hydrogens (tertiary/aromatic N) is 2. The molecule has 0 aliphatic rings. The lowest BCUT2D eigenvalue weighted by molar-refractivity contribution is -0.117. The number of rotatable bonds is 7. The summed E-state index contributed by atoms with van der Waals surface area (Å²) in [7, 11) is 1.53. The van der Waals surface area contributed by atoms with Crippen molar-refractivity contribution in [2.45, 2.75) is 18.6 Å². The number of amides is 3. The molecule has 2 N–H and O–H groups in total. The summed E-state index contributed by atoms with van der Waals surface area (Å²) in [6.07, 6.45) is 0. The van der Waals surface area contributed by atoms with Crippen LogP contribution in [0.3, 0.4) is 0 Å². The summed E-state index contributed by atoms with van der Waals surface area (Å²) in [5, 5.41) is 5.92. The third-order valence-corrected chi connectivity index (χ3v) is 4.54. The third kappa shape index (κ3) is 5.20. The van der Waals surface area contributed by atoms with E-state index in [2.05, 4.69) is 15.6 Å². The minimum Gasteiger partial charge on any atom is -0.383 e. The van der Waals surface area contributed by atoms with Gasteiger partial charge in [-0.25, -0.2) is 9.78 Å². The number of hydrogen-bond acceptors (Lipinski definition) is 6. The Balaban J connectivity index is 2.27. The smallest absolute Gasteiger partial charge is 0.321 e. The van der Waals surface area contributed by atoms with Crippen molar-refractivity contribution in [2.75, 3.05) is 26.0 Å². The first-order valence-electron chi connectivity index (χ1n) is 7.85. The molecule has 0 fully saturated rings. The maximum Gasteiger partial charge on any atom is 0.321 e. The number of benzene rings is 1. The second-order valence-corrected chi connectivity index (χ2v) is 6.58. The molecular formula is C16H19ClN4O4S. The van der Waals surface area contributed by atoms with E-state index in [4.69, 9.17) is 16.3 Å². The Morgan fingerprint density at radius 3 is 2.85 bits per heavy atom. The molecule has 0 unspecified atom stereocenters. The molecule has 3 amide bonds. The second kappa shape index (κ2) is 9.56. The fourth-order valence-corrected chi connectivity index (χ4v) is 3.15. The van der Waals surface area contributed by atoms with Gasteiger partial charge in [-0.2, -0.15) is 0 Å². The van der Waals surface area contributed by atoms with Crippen LogP contribution in [0.4, 0.5) is 4.79 Å². The van der Waals surface area contributed by atoms with Gasteiger partial charge in [0.2, 0.25) is 5.91 Å². The minimum atomic E-state index is -0.562. The average molecular weight is 399 g/mol. The van der Waals surface area contributed by atoms with Gasteiger partial charge < -0.3 is 10.1 Å². The van der Waals surface area contributed by atoms with Gasteiger partial charge in [-0.05, 0) is 25.1 Å².